The molecule has 3 aromatic carbocycles. The maximum Gasteiger partial charge on any atom is 0.338 e. The van der Waals surface area contributed by atoms with Crippen molar-refractivity contribution < 1.29 is 14.3 Å². The number of esters is 1. The smallest absolute Gasteiger partial charge is 0.338 e. The zero-order valence-electron chi connectivity index (χ0n) is 15.9. The van der Waals surface area contributed by atoms with E-state index in [9.17, 15) is 9.59 Å². The quantitative estimate of drug-likeness (QED) is 0.498. The Hall–Kier alpha value is -4.26. The summed E-state index contributed by atoms with van der Waals surface area (Å²) in [5.74, 6) is -0.622. The lowest BCUT2D eigenvalue weighted by molar-refractivity contribution is 0.0472. The lowest BCUT2D eigenvalue weighted by Gasteiger charge is -2.08. The molecule has 148 valence electrons. The molecule has 0 aliphatic carbocycles. The van der Waals surface area contributed by atoms with Crippen molar-refractivity contribution in [1.82, 2.24) is 14.8 Å². The highest BCUT2D eigenvalue weighted by Crippen LogP contribution is 2.13. The summed E-state index contributed by atoms with van der Waals surface area (Å²) in [6, 6.07) is 23.1. The highest BCUT2D eigenvalue weighted by Gasteiger charge is 2.09. The van der Waals surface area contributed by atoms with E-state index < -0.39 is 5.97 Å². The third-order valence-corrected chi connectivity index (χ3v) is 4.40. The summed E-state index contributed by atoms with van der Waals surface area (Å²) in [6.07, 6.45) is 3.02. The minimum Gasteiger partial charge on any atom is -0.457 e. The normalized spacial score (nSPS) is 10.4. The molecule has 4 rings (SSSR count). The van der Waals surface area contributed by atoms with Crippen LogP contribution in [0.25, 0.3) is 5.69 Å². The monoisotopic (exact) mass is 398 g/mol. The van der Waals surface area contributed by atoms with E-state index >= 15 is 0 Å². The Labute approximate surface area is 173 Å². The predicted octanol–water partition coefficient (Wildman–Crippen LogP) is 3.88. The van der Waals surface area contributed by atoms with Gasteiger partial charge < -0.3 is 10.1 Å². The number of hydrogen-bond acceptors (Lipinski definition) is 5. The minimum absolute atomic E-state index is 0.115. The van der Waals surface area contributed by atoms with Crippen molar-refractivity contribution in [3.63, 3.8) is 0 Å². The fraction of sp³-hybridized carbons (Fsp3) is 0.0435. The summed E-state index contributed by atoms with van der Waals surface area (Å²) in [6.45, 7) is 0.115. The van der Waals surface area contributed by atoms with Gasteiger partial charge in [0.2, 0.25) is 0 Å². The standard InChI is InChI=1S/C23H18N4O3/c28-22(26-20-4-2-1-3-5-20)18-8-6-17(7-9-18)14-30-23(29)19-10-12-21(13-11-19)27-16-24-15-25-27/h1-13,15-16H,14H2,(H,26,28). The average molecular weight is 398 g/mol. The van der Waals surface area contributed by atoms with Crippen molar-refractivity contribution in [3.05, 3.63) is 108 Å². The van der Waals surface area contributed by atoms with Crippen LogP contribution >= 0.6 is 0 Å². The van der Waals surface area contributed by atoms with Crippen LogP contribution in [-0.4, -0.2) is 26.6 Å². The molecule has 0 unspecified atom stereocenters. The zero-order chi connectivity index (χ0) is 20.8. The molecular weight excluding hydrogens is 380 g/mol. The molecule has 0 aliphatic heterocycles. The fourth-order valence-electron chi connectivity index (χ4n) is 2.80. The number of carbonyl (C=O) groups excluding carboxylic acids is 2. The molecule has 0 aliphatic rings. The van der Waals surface area contributed by atoms with Crippen LogP contribution in [-0.2, 0) is 11.3 Å². The molecule has 1 aromatic heterocycles. The van der Waals surface area contributed by atoms with E-state index in [4.69, 9.17) is 4.74 Å². The molecule has 0 radical (unpaired) electrons. The highest BCUT2D eigenvalue weighted by molar-refractivity contribution is 6.04. The molecule has 1 N–H and O–H groups in total. The van der Waals surface area contributed by atoms with E-state index in [2.05, 4.69) is 15.4 Å². The van der Waals surface area contributed by atoms with Crippen LogP contribution in [0.5, 0.6) is 0 Å². The van der Waals surface area contributed by atoms with Crippen LogP contribution in [0.1, 0.15) is 26.3 Å². The van der Waals surface area contributed by atoms with Crippen molar-refractivity contribution >= 4 is 17.6 Å². The van der Waals surface area contributed by atoms with Gasteiger partial charge in [-0.05, 0) is 54.1 Å². The van der Waals surface area contributed by atoms with Gasteiger partial charge in [0.25, 0.3) is 5.91 Å². The molecule has 0 saturated heterocycles. The third kappa shape index (κ3) is 4.59. The van der Waals surface area contributed by atoms with E-state index in [1.165, 1.54) is 6.33 Å². The Morgan fingerprint density at radius 3 is 2.23 bits per heavy atom. The molecular formula is C23H18N4O3. The number of ether oxygens (including phenoxy) is 1. The lowest BCUT2D eigenvalue weighted by Crippen LogP contribution is -2.12. The van der Waals surface area contributed by atoms with Crippen molar-refractivity contribution in [2.24, 2.45) is 0 Å². The first-order chi connectivity index (χ1) is 14.7. The summed E-state index contributed by atoms with van der Waals surface area (Å²) < 4.78 is 6.97. The molecule has 4 aromatic rings. The Morgan fingerprint density at radius 1 is 0.867 bits per heavy atom. The number of para-hydroxylation sites is 1. The minimum atomic E-state index is -0.425. The maximum absolute atomic E-state index is 12.3. The van der Waals surface area contributed by atoms with Crippen LogP contribution in [0, 0.1) is 0 Å². The first kappa shape index (κ1) is 19.1. The largest absolute Gasteiger partial charge is 0.457 e. The SMILES string of the molecule is O=C(Nc1ccccc1)c1ccc(COC(=O)c2ccc(-n3cncn3)cc2)cc1. The number of nitrogens with zero attached hydrogens (tertiary/aromatic N) is 3. The van der Waals surface area contributed by atoms with Gasteiger partial charge in [0.1, 0.15) is 19.3 Å². The van der Waals surface area contributed by atoms with E-state index in [-0.39, 0.29) is 12.5 Å². The van der Waals surface area contributed by atoms with Crippen molar-refractivity contribution in [2.45, 2.75) is 6.61 Å². The van der Waals surface area contributed by atoms with Gasteiger partial charge in [0, 0.05) is 11.3 Å². The third-order valence-electron chi connectivity index (χ3n) is 4.40. The number of benzene rings is 3. The van der Waals surface area contributed by atoms with E-state index in [1.54, 1.807) is 59.5 Å². The highest BCUT2D eigenvalue weighted by atomic mass is 16.5. The second-order valence-corrected chi connectivity index (χ2v) is 6.48. The van der Waals surface area contributed by atoms with Gasteiger partial charge in [-0.1, -0.05) is 30.3 Å². The van der Waals surface area contributed by atoms with Gasteiger partial charge in [0.05, 0.1) is 11.3 Å². The number of carbonyl (C=O) groups is 2. The van der Waals surface area contributed by atoms with Crippen LogP contribution in [0.15, 0.2) is 91.5 Å². The Bertz CT molecular complexity index is 1120. The molecule has 0 bridgehead atoms. The van der Waals surface area contributed by atoms with Gasteiger partial charge in [-0.15, -0.1) is 0 Å². The summed E-state index contributed by atoms with van der Waals surface area (Å²) in [7, 11) is 0. The second-order valence-electron chi connectivity index (χ2n) is 6.48. The summed E-state index contributed by atoms with van der Waals surface area (Å²) in [5, 5.41) is 6.87. The molecule has 7 heteroatoms. The molecule has 0 saturated carbocycles. The topological polar surface area (TPSA) is 86.1 Å². The van der Waals surface area contributed by atoms with E-state index in [1.807, 2.05) is 30.3 Å². The Balaban J connectivity index is 1.32. The van der Waals surface area contributed by atoms with Crippen LogP contribution in [0.3, 0.4) is 0 Å². The number of anilines is 1. The maximum atomic E-state index is 12.3. The van der Waals surface area contributed by atoms with Gasteiger partial charge in [0.15, 0.2) is 0 Å². The molecule has 30 heavy (non-hydrogen) atoms. The van der Waals surface area contributed by atoms with E-state index in [0.717, 1.165) is 16.9 Å². The Kier molecular flexibility index (Phi) is 5.61. The molecule has 0 fully saturated rings. The van der Waals surface area contributed by atoms with E-state index in [0.29, 0.717) is 11.1 Å². The summed E-state index contributed by atoms with van der Waals surface area (Å²) in [5.41, 5.74) is 3.29. The van der Waals surface area contributed by atoms with Crippen molar-refractivity contribution in [1.29, 1.82) is 0 Å². The lowest BCUT2D eigenvalue weighted by atomic mass is 10.1. The van der Waals surface area contributed by atoms with Crippen molar-refractivity contribution in [3.8, 4) is 5.69 Å². The van der Waals surface area contributed by atoms with Gasteiger partial charge >= 0.3 is 5.97 Å². The van der Waals surface area contributed by atoms with Crippen LogP contribution in [0.4, 0.5) is 5.69 Å². The molecule has 0 spiro atoms. The zero-order valence-corrected chi connectivity index (χ0v) is 15.9. The molecule has 7 nitrogen and oxygen atoms in total. The number of amides is 1. The number of aromatic nitrogens is 3. The number of nitrogens with one attached hydrogen (secondary N) is 1. The summed E-state index contributed by atoms with van der Waals surface area (Å²) in [4.78, 5) is 28.4. The number of hydrogen-bond donors (Lipinski definition) is 1. The number of rotatable bonds is 6. The Morgan fingerprint density at radius 2 is 1.57 bits per heavy atom. The fourth-order valence-corrected chi connectivity index (χ4v) is 2.80. The first-order valence-corrected chi connectivity index (χ1v) is 9.26. The van der Waals surface area contributed by atoms with Crippen molar-refractivity contribution in [2.75, 3.05) is 5.32 Å². The molecule has 0 atom stereocenters. The average Bonchev–Trinajstić information content (AvgIpc) is 3.34. The summed E-state index contributed by atoms with van der Waals surface area (Å²) >= 11 is 0. The molecule has 1 heterocycles. The van der Waals surface area contributed by atoms with Gasteiger partial charge in [-0.3, -0.25) is 4.79 Å². The van der Waals surface area contributed by atoms with Crippen LogP contribution in [0.2, 0.25) is 0 Å². The van der Waals surface area contributed by atoms with Crippen LogP contribution < -0.4 is 5.32 Å². The first-order valence-electron chi connectivity index (χ1n) is 9.26. The van der Waals surface area contributed by atoms with Gasteiger partial charge in [-0.2, -0.15) is 5.10 Å². The predicted molar refractivity (Wildman–Crippen MR) is 111 cm³/mol. The second kappa shape index (κ2) is 8.83. The molecule has 1 amide bonds. The van der Waals surface area contributed by atoms with Gasteiger partial charge in [-0.25, -0.2) is 14.5 Å².